The van der Waals surface area contributed by atoms with Crippen LogP contribution in [0, 0.1) is 0 Å². The first-order valence-corrected chi connectivity index (χ1v) is 10.3. The Kier molecular flexibility index (Phi) is 10.5. The molecular weight excluding hydrogens is 372 g/mol. The van der Waals surface area contributed by atoms with Gasteiger partial charge in [-0.05, 0) is 37.5 Å². The predicted molar refractivity (Wildman–Crippen MR) is 109 cm³/mol. The molecule has 0 saturated carbocycles. The number of benzene rings is 1. The lowest BCUT2D eigenvalue weighted by atomic mass is 10.0. The number of hydrogen-bond donors (Lipinski definition) is 2. The van der Waals surface area contributed by atoms with Crippen LogP contribution in [-0.4, -0.2) is 35.5 Å². The number of furan rings is 1. The number of carbonyl (C=O) groups excluding carboxylic acids is 1. The Hall–Kier alpha value is -2.15. The number of esters is 1. The number of unbranched alkanes of at least 4 members (excludes halogenated alkanes) is 2. The number of ether oxygens (including phenoxy) is 2. The van der Waals surface area contributed by atoms with Crippen LogP contribution in [0.15, 0.2) is 46.9 Å². The van der Waals surface area contributed by atoms with E-state index in [1.165, 1.54) is 0 Å². The average molecular weight is 405 g/mol. The summed E-state index contributed by atoms with van der Waals surface area (Å²) >= 11 is 0. The normalized spacial score (nSPS) is 13.2. The maximum Gasteiger partial charge on any atom is 0.306 e. The van der Waals surface area contributed by atoms with Crippen LogP contribution in [-0.2, 0) is 27.3 Å². The zero-order valence-corrected chi connectivity index (χ0v) is 17.1. The Bertz CT molecular complexity index is 696. The number of carbonyl (C=O) groups is 1. The molecule has 1 heterocycles. The van der Waals surface area contributed by atoms with Crippen LogP contribution in [0.4, 0.5) is 0 Å². The molecule has 2 unspecified atom stereocenters. The quantitative estimate of drug-likeness (QED) is 0.366. The van der Waals surface area contributed by atoms with Crippen molar-refractivity contribution in [2.24, 2.45) is 0 Å². The van der Waals surface area contributed by atoms with Gasteiger partial charge in [-0.15, -0.1) is 0 Å². The molecule has 0 bridgehead atoms. The first kappa shape index (κ1) is 23.1. The lowest BCUT2D eigenvalue weighted by Crippen LogP contribution is -2.17. The molecule has 0 saturated heterocycles. The number of aliphatic hydroxyl groups is 2. The lowest BCUT2D eigenvalue weighted by molar-refractivity contribution is -0.143. The SMILES string of the molecule is CCOC(=O)CCc1ccc(C(O)C(O)CCCCCOCc2ccccc2)o1. The third kappa shape index (κ3) is 8.81. The summed E-state index contributed by atoms with van der Waals surface area (Å²) in [6, 6.07) is 13.4. The minimum Gasteiger partial charge on any atom is -0.466 e. The number of aliphatic hydroxyl groups excluding tert-OH is 2. The van der Waals surface area contributed by atoms with Crippen LogP contribution >= 0.6 is 0 Å². The molecule has 0 spiro atoms. The molecule has 1 aromatic carbocycles. The summed E-state index contributed by atoms with van der Waals surface area (Å²) in [4.78, 5) is 11.4. The predicted octanol–water partition coefficient (Wildman–Crippen LogP) is 3.95. The molecule has 2 N–H and O–H groups in total. The molecule has 0 fully saturated rings. The summed E-state index contributed by atoms with van der Waals surface area (Å²) in [6.45, 7) is 3.40. The lowest BCUT2D eigenvalue weighted by Gasteiger charge is -2.15. The van der Waals surface area contributed by atoms with Gasteiger partial charge < -0.3 is 24.1 Å². The second-order valence-electron chi connectivity index (χ2n) is 7.01. The third-order valence-electron chi connectivity index (χ3n) is 4.62. The second-order valence-corrected chi connectivity index (χ2v) is 7.01. The summed E-state index contributed by atoms with van der Waals surface area (Å²) in [5, 5.41) is 20.5. The van der Waals surface area contributed by atoms with Crippen molar-refractivity contribution >= 4 is 5.97 Å². The van der Waals surface area contributed by atoms with Crippen molar-refractivity contribution in [3.05, 3.63) is 59.5 Å². The molecular formula is C23H32O6. The Balaban J connectivity index is 1.58. The van der Waals surface area contributed by atoms with E-state index >= 15 is 0 Å². The molecule has 160 valence electrons. The van der Waals surface area contributed by atoms with Crippen LogP contribution < -0.4 is 0 Å². The van der Waals surface area contributed by atoms with Crippen molar-refractivity contribution in [3.63, 3.8) is 0 Å². The summed E-state index contributed by atoms with van der Waals surface area (Å²) in [5.41, 5.74) is 1.16. The third-order valence-corrected chi connectivity index (χ3v) is 4.62. The van der Waals surface area contributed by atoms with Crippen molar-refractivity contribution in [1.29, 1.82) is 0 Å². The van der Waals surface area contributed by atoms with E-state index in [1.807, 2.05) is 30.3 Å². The minimum atomic E-state index is -1.07. The zero-order chi connectivity index (χ0) is 20.9. The van der Waals surface area contributed by atoms with Crippen LogP contribution in [0.3, 0.4) is 0 Å². The van der Waals surface area contributed by atoms with Gasteiger partial charge in [0.15, 0.2) is 0 Å². The van der Waals surface area contributed by atoms with Crippen LogP contribution in [0.1, 0.15) is 62.2 Å². The van der Waals surface area contributed by atoms with E-state index < -0.39 is 12.2 Å². The Morgan fingerprint density at radius 3 is 2.62 bits per heavy atom. The molecule has 29 heavy (non-hydrogen) atoms. The van der Waals surface area contributed by atoms with Crippen molar-refractivity contribution in [1.82, 2.24) is 0 Å². The molecule has 2 aromatic rings. The highest BCUT2D eigenvalue weighted by Crippen LogP contribution is 2.23. The molecule has 0 aliphatic rings. The molecule has 0 radical (unpaired) electrons. The number of aryl methyl sites for hydroxylation is 1. The van der Waals surface area contributed by atoms with E-state index in [4.69, 9.17) is 13.9 Å². The average Bonchev–Trinajstić information content (AvgIpc) is 3.21. The molecule has 2 rings (SSSR count). The van der Waals surface area contributed by atoms with Gasteiger partial charge in [0.05, 0.1) is 25.7 Å². The van der Waals surface area contributed by atoms with Gasteiger partial charge in [0.2, 0.25) is 0 Å². The summed E-state index contributed by atoms with van der Waals surface area (Å²) in [6.07, 6.45) is 1.79. The molecule has 0 amide bonds. The summed E-state index contributed by atoms with van der Waals surface area (Å²) < 4.78 is 16.1. The fourth-order valence-electron chi connectivity index (χ4n) is 2.99. The highest BCUT2D eigenvalue weighted by Gasteiger charge is 2.21. The highest BCUT2D eigenvalue weighted by atomic mass is 16.5. The fraction of sp³-hybridized carbons (Fsp3) is 0.522. The summed E-state index contributed by atoms with van der Waals surface area (Å²) in [7, 11) is 0. The van der Waals surface area contributed by atoms with Gasteiger partial charge in [0, 0.05) is 13.0 Å². The van der Waals surface area contributed by atoms with E-state index in [9.17, 15) is 15.0 Å². The molecule has 0 aliphatic carbocycles. The van der Waals surface area contributed by atoms with Gasteiger partial charge >= 0.3 is 5.97 Å². The Labute approximate surface area is 172 Å². The molecule has 6 nitrogen and oxygen atoms in total. The first-order valence-electron chi connectivity index (χ1n) is 10.3. The molecule has 1 aromatic heterocycles. The molecule has 6 heteroatoms. The van der Waals surface area contributed by atoms with E-state index in [0.29, 0.717) is 44.2 Å². The molecule has 2 atom stereocenters. The second kappa shape index (κ2) is 13.1. The number of rotatable bonds is 14. The van der Waals surface area contributed by atoms with Crippen molar-refractivity contribution in [3.8, 4) is 0 Å². The van der Waals surface area contributed by atoms with Gasteiger partial charge in [0.25, 0.3) is 0 Å². The monoisotopic (exact) mass is 404 g/mol. The highest BCUT2D eigenvalue weighted by molar-refractivity contribution is 5.69. The van der Waals surface area contributed by atoms with Gasteiger partial charge in [-0.25, -0.2) is 0 Å². The Morgan fingerprint density at radius 1 is 1.07 bits per heavy atom. The minimum absolute atomic E-state index is 0.228. The zero-order valence-electron chi connectivity index (χ0n) is 17.1. The first-order chi connectivity index (χ1) is 14.1. The van der Waals surface area contributed by atoms with Gasteiger partial charge in [-0.1, -0.05) is 43.2 Å². The maximum absolute atomic E-state index is 11.4. The van der Waals surface area contributed by atoms with Crippen LogP contribution in [0.2, 0.25) is 0 Å². The largest absolute Gasteiger partial charge is 0.466 e. The standard InChI is InChI=1S/C23H32O6/c1-2-28-22(25)15-13-19-12-14-21(29-19)23(26)20(24)11-7-4-8-16-27-17-18-9-5-3-6-10-18/h3,5-6,9-10,12,14,20,23-24,26H,2,4,7-8,11,13,15-17H2,1H3. The fourth-order valence-corrected chi connectivity index (χ4v) is 2.99. The topological polar surface area (TPSA) is 89.1 Å². The summed E-state index contributed by atoms with van der Waals surface area (Å²) in [5.74, 6) is 0.635. The van der Waals surface area contributed by atoms with Gasteiger partial charge in [-0.2, -0.15) is 0 Å². The van der Waals surface area contributed by atoms with E-state index in [0.717, 1.165) is 24.8 Å². The van der Waals surface area contributed by atoms with Crippen LogP contribution in [0.25, 0.3) is 0 Å². The van der Waals surface area contributed by atoms with E-state index in [1.54, 1.807) is 19.1 Å². The van der Waals surface area contributed by atoms with Crippen molar-refractivity contribution in [2.75, 3.05) is 13.2 Å². The smallest absolute Gasteiger partial charge is 0.306 e. The van der Waals surface area contributed by atoms with Gasteiger partial charge in [-0.3, -0.25) is 4.79 Å². The van der Waals surface area contributed by atoms with E-state index in [2.05, 4.69) is 0 Å². The van der Waals surface area contributed by atoms with E-state index in [-0.39, 0.29) is 12.4 Å². The van der Waals surface area contributed by atoms with Crippen LogP contribution in [0.5, 0.6) is 0 Å². The van der Waals surface area contributed by atoms with Crippen molar-refractivity contribution < 1.29 is 28.9 Å². The van der Waals surface area contributed by atoms with Gasteiger partial charge in [0.1, 0.15) is 17.6 Å². The molecule has 0 aliphatic heterocycles. The maximum atomic E-state index is 11.4. The Morgan fingerprint density at radius 2 is 1.86 bits per heavy atom. The van der Waals surface area contributed by atoms with Crippen molar-refractivity contribution in [2.45, 2.75) is 64.3 Å². The number of hydrogen-bond acceptors (Lipinski definition) is 6.